The summed E-state index contributed by atoms with van der Waals surface area (Å²) in [6, 6.07) is 0. The van der Waals surface area contributed by atoms with E-state index in [9.17, 15) is 0 Å². The summed E-state index contributed by atoms with van der Waals surface area (Å²) in [6.45, 7) is 20.3. The Hall–Kier alpha value is -0.237. The summed E-state index contributed by atoms with van der Waals surface area (Å²) in [5, 5.41) is 8.32. The number of rotatable bonds is 10. The molecule has 1 rings (SSSR count). The zero-order valence-corrected chi connectivity index (χ0v) is 18.7. The van der Waals surface area contributed by atoms with Crippen molar-refractivity contribution in [2.24, 2.45) is 0 Å². The van der Waals surface area contributed by atoms with Gasteiger partial charge >= 0.3 is 26.2 Å². The zero-order chi connectivity index (χ0) is 18.0. The predicted octanol–water partition coefficient (Wildman–Crippen LogP) is 6.84. The van der Waals surface area contributed by atoms with Gasteiger partial charge in [0, 0.05) is 0 Å². The molecule has 24 heavy (non-hydrogen) atoms. The van der Waals surface area contributed by atoms with E-state index in [0.29, 0.717) is 0 Å². The van der Waals surface area contributed by atoms with E-state index in [1.54, 1.807) is 6.92 Å². The van der Waals surface area contributed by atoms with Crippen LogP contribution in [0.4, 0.5) is 0 Å². The molecule has 0 spiro atoms. The molecule has 0 amide bonds. The van der Waals surface area contributed by atoms with Crippen molar-refractivity contribution in [1.82, 2.24) is 0 Å². The Kier molecular flexibility index (Phi) is 50.4. The van der Waals surface area contributed by atoms with Gasteiger partial charge in [-0.25, -0.2) is 12.2 Å². The third-order valence-corrected chi connectivity index (χ3v) is 2.48. The summed E-state index contributed by atoms with van der Waals surface area (Å²) in [4.78, 5) is 0. The smallest absolute Gasteiger partial charge is 0.662 e. The fourth-order valence-electron chi connectivity index (χ4n) is 1.35. The molecule has 0 saturated carbocycles. The van der Waals surface area contributed by atoms with Crippen molar-refractivity contribution in [2.75, 3.05) is 26.2 Å². The molecule has 0 N–H and O–H groups in total. The van der Waals surface area contributed by atoms with Crippen LogP contribution in [0.1, 0.15) is 52.9 Å². The van der Waals surface area contributed by atoms with Crippen molar-refractivity contribution in [1.29, 1.82) is 0 Å². The van der Waals surface area contributed by atoms with Gasteiger partial charge in [0.25, 0.3) is 0 Å². The maximum absolute atomic E-state index is 4.16. The Labute approximate surface area is 172 Å². The first-order valence-electron chi connectivity index (χ1n) is 8.74. The van der Waals surface area contributed by atoms with E-state index in [1.165, 1.54) is 0 Å². The third kappa shape index (κ3) is 43.0. The van der Waals surface area contributed by atoms with Crippen molar-refractivity contribution in [3.63, 3.8) is 0 Å². The first kappa shape index (κ1) is 31.5. The molecule has 136 valence electrons. The van der Waals surface area contributed by atoms with E-state index in [4.69, 9.17) is 0 Å². The minimum atomic E-state index is 0. The van der Waals surface area contributed by atoms with E-state index in [2.05, 4.69) is 56.7 Å². The molecule has 3 heteroatoms. The van der Waals surface area contributed by atoms with Gasteiger partial charge < -0.3 is 17.6 Å². The Morgan fingerprint density at radius 2 is 1.46 bits per heavy atom. The normalized spacial score (nSPS) is 10.0. The molecule has 1 aliphatic carbocycles. The van der Waals surface area contributed by atoms with Gasteiger partial charge in [0.2, 0.25) is 0 Å². The number of nitrogens with zero attached hydrogens (tertiary/aromatic N) is 2. The Morgan fingerprint density at radius 1 is 1.00 bits per heavy atom. The quantitative estimate of drug-likeness (QED) is 0.215. The van der Waals surface area contributed by atoms with E-state index in [0.717, 1.165) is 58.3 Å². The standard InChI is InChI=1S/2C7H14N.C5H5.C2H5.Zr/c2*1-3-5-6-7-8-4-2;1-2-4-5-3-1;1-2;/h2*3H,1,4-7H2,2H3;1-3H,4H2;1H2,2H3;/q4*-1;+4. The monoisotopic (exact) mass is 408 g/mol. The Bertz CT molecular complexity index is 235. The molecule has 0 atom stereocenters. The van der Waals surface area contributed by atoms with Crippen LogP contribution in [0.15, 0.2) is 43.5 Å². The van der Waals surface area contributed by atoms with Gasteiger partial charge in [-0.3, -0.25) is 6.08 Å². The molecule has 0 aromatic heterocycles. The molecule has 0 aromatic carbocycles. The van der Waals surface area contributed by atoms with Crippen molar-refractivity contribution in [3.8, 4) is 0 Å². The van der Waals surface area contributed by atoms with Crippen LogP contribution in [0.3, 0.4) is 0 Å². The van der Waals surface area contributed by atoms with Crippen molar-refractivity contribution < 1.29 is 26.2 Å². The number of hydrogen-bond donors (Lipinski definition) is 0. The fourth-order valence-corrected chi connectivity index (χ4v) is 1.35. The van der Waals surface area contributed by atoms with E-state index >= 15 is 0 Å². The van der Waals surface area contributed by atoms with Crippen molar-refractivity contribution in [2.45, 2.75) is 52.9 Å². The number of unbranched alkanes of at least 4 members (excludes halogenated alkanes) is 2. The molecule has 0 fully saturated rings. The van der Waals surface area contributed by atoms with Crippen LogP contribution in [-0.4, -0.2) is 26.2 Å². The maximum Gasteiger partial charge on any atom is 4.00 e. The van der Waals surface area contributed by atoms with Crippen molar-refractivity contribution >= 4 is 0 Å². The second-order valence-electron chi connectivity index (χ2n) is 4.39. The molecule has 0 unspecified atom stereocenters. The summed E-state index contributed by atoms with van der Waals surface area (Å²) in [7, 11) is 0. The van der Waals surface area contributed by atoms with Crippen LogP contribution in [0.2, 0.25) is 0 Å². The summed E-state index contributed by atoms with van der Waals surface area (Å²) in [5.41, 5.74) is 0. The van der Waals surface area contributed by atoms with Crippen LogP contribution in [0, 0.1) is 13.0 Å². The molecule has 0 radical (unpaired) electrons. The second kappa shape index (κ2) is 38.4. The minimum Gasteiger partial charge on any atom is -0.662 e. The molecule has 0 saturated heterocycles. The third-order valence-electron chi connectivity index (χ3n) is 2.48. The number of allylic oxidation sites excluding steroid dienone is 6. The van der Waals surface area contributed by atoms with E-state index in [1.807, 2.05) is 24.3 Å². The molecule has 0 bridgehead atoms. The molecule has 2 nitrogen and oxygen atoms in total. The Morgan fingerprint density at radius 3 is 1.67 bits per heavy atom. The van der Waals surface area contributed by atoms with Gasteiger partial charge in [-0.1, -0.05) is 38.8 Å². The summed E-state index contributed by atoms with van der Waals surface area (Å²) >= 11 is 0. The zero-order valence-electron chi connectivity index (χ0n) is 16.3. The summed E-state index contributed by atoms with van der Waals surface area (Å²) in [6.07, 6.45) is 18.4. The molecule has 0 aromatic rings. The molecular formula is C21H38N2Zr. The predicted molar refractivity (Wildman–Crippen MR) is 109 cm³/mol. The molecule has 1 aliphatic rings. The second-order valence-corrected chi connectivity index (χ2v) is 4.39. The largest absolute Gasteiger partial charge is 4.00 e. The van der Waals surface area contributed by atoms with Crippen LogP contribution in [-0.2, 0) is 26.2 Å². The van der Waals surface area contributed by atoms with Gasteiger partial charge in [-0.05, 0) is 12.8 Å². The van der Waals surface area contributed by atoms with E-state index in [-0.39, 0.29) is 26.2 Å². The average molecular weight is 410 g/mol. The first-order chi connectivity index (χ1) is 11.3. The molecule has 0 aliphatic heterocycles. The van der Waals surface area contributed by atoms with Gasteiger partial charge in [0.05, 0.1) is 0 Å². The SMILES string of the molecule is C=CCCC[N-]CC.C=CCCC[N-]CC.[C-]1=CC=CC1.[CH2-]C.[Zr+4]. The molecular weight excluding hydrogens is 371 g/mol. The van der Waals surface area contributed by atoms with Crippen LogP contribution < -0.4 is 0 Å². The first-order valence-corrected chi connectivity index (χ1v) is 8.74. The fraction of sp³-hybridized carbons (Fsp3) is 0.571. The van der Waals surface area contributed by atoms with E-state index < -0.39 is 0 Å². The molecule has 0 heterocycles. The van der Waals surface area contributed by atoms with Crippen molar-refractivity contribution in [3.05, 3.63) is 67.2 Å². The number of hydrogen-bond acceptors (Lipinski definition) is 0. The minimum absolute atomic E-state index is 0. The van der Waals surface area contributed by atoms with Gasteiger partial charge in [-0.15, -0.1) is 32.7 Å². The van der Waals surface area contributed by atoms with Crippen LogP contribution >= 0.6 is 0 Å². The van der Waals surface area contributed by atoms with Crippen LogP contribution in [0.5, 0.6) is 0 Å². The maximum atomic E-state index is 4.16. The summed E-state index contributed by atoms with van der Waals surface area (Å²) in [5.74, 6) is 0. The van der Waals surface area contributed by atoms with Gasteiger partial charge in [-0.2, -0.15) is 26.1 Å². The topological polar surface area (TPSA) is 28.2 Å². The average Bonchev–Trinajstić information content (AvgIpc) is 3.18. The van der Waals surface area contributed by atoms with Crippen LogP contribution in [0.25, 0.3) is 10.6 Å². The Balaban J connectivity index is -0.000000118. The van der Waals surface area contributed by atoms with Gasteiger partial charge in [0.1, 0.15) is 0 Å². The van der Waals surface area contributed by atoms with Gasteiger partial charge in [0.15, 0.2) is 0 Å². The summed E-state index contributed by atoms with van der Waals surface area (Å²) < 4.78 is 0.